The minimum absolute atomic E-state index is 0. The SMILES string of the molecule is Cc1ccc(C(=O)CCC(=O)Nc2cccc(S(=O)(=O)NCCN)c2)cc1.Cl. The molecule has 0 aliphatic heterocycles. The van der Waals surface area contributed by atoms with Gasteiger partial charge in [-0.05, 0) is 25.1 Å². The van der Waals surface area contributed by atoms with Gasteiger partial charge in [0.1, 0.15) is 0 Å². The summed E-state index contributed by atoms with van der Waals surface area (Å²) in [5.41, 5.74) is 7.27. The zero-order valence-corrected chi connectivity index (χ0v) is 17.1. The summed E-state index contributed by atoms with van der Waals surface area (Å²) < 4.78 is 26.6. The molecule has 28 heavy (non-hydrogen) atoms. The Morgan fingerprint density at radius 1 is 1.04 bits per heavy atom. The molecule has 0 radical (unpaired) electrons. The van der Waals surface area contributed by atoms with Crippen molar-refractivity contribution in [1.82, 2.24) is 4.72 Å². The van der Waals surface area contributed by atoms with Gasteiger partial charge in [-0.2, -0.15) is 0 Å². The molecule has 0 bridgehead atoms. The van der Waals surface area contributed by atoms with Crippen LogP contribution in [0.3, 0.4) is 0 Å². The van der Waals surface area contributed by atoms with Crippen LogP contribution in [0.4, 0.5) is 5.69 Å². The molecule has 0 spiro atoms. The summed E-state index contributed by atoms with van der Waals surface area (Å²) in [6, 6.07) is 13.1. The fourth-order valence-corrected chi connectivity index (χ4v) is 3.45. The molecule has 0 unspecified atom stereocenters. The van der Waals surface area contributed by atoms with Crippen molar-refractivity contribution in [1.29, 1.82) is 0 Å². The third kappa shape index (κ3) is 7.05. The zero-order valence-electron chi connectivity index (χ0n) is 15.5. The molecule has 7 nitrogen and oxygen atoms in total. The number of nitrogens with one attached hydrogen (secondary N) is 2. The molecule has 152 valence electrons. The lowest BCUT2D eigenvalue weighted by Gasteiger charge is -2.09. The highest BCUT2D eigenvalue weighted by atomic mass is 35.5. The first kappa shape index (κ1) is 23.8. The van der Waals surface area contributed by atoms with E-state index in [0.29, 0.717) is 11.3 Å². The van der Waals surface area contributed by atoms with E-state index in [2.05, 4.69) is 10.0 Å². The maximum Gasteiger partial charge on any atom is 0.240 e. The molecule has 2 aromatic rings. The van der Waals surface area contributed by atoms with Crippen molar-refractivity contribution in [3.63, 3.8) is 0 Å². The minimum Gasteiger partial charge on any atom is -0.329 e. The van der Waals surface area contributed by atoms with E-state index >= 15 is 0 Å². The number of rotatable bonds is 9. The summed E-state index contributed by atoms with van der Waals surface area (Å²) in [7, 11) is -3.68. The number of anilines is 1. The molecule has 0 fully saturated rings. The number of benzene rings is 2. The Morgan fingerprint density at radius 3 is 2.36 bits per heavy atom. The zero-order chi connectivity index (χ0) is 19.9. The quantitative estimate of drug-likeness (QED) is 0.532. The van der Waals surface area contributed by atoms with Gasteiger partial charge in [0.05, 0.1) is 4.90 Å². The van der Waals surface area contributed by atoms with E-state index in [1.165, 1.54) is 18.2 Å². The van der Waals surface area contributed by atoms with E-state index in [1.807, 2.05) is 19.1 Å². The second-order valence-electron chi connectivity index (χ2n) is 6.05. The molecule has 0 atom stereocenters. The largest absolute Gasteiger partial charge is 0.329 e. The Balaban J connectivity index is 0.00000392. The Hall–Kier alpha value is -2.26. The van der Waals surface area contributed by atoms with Gasteiger partial charge < -0.3 is 11.1 Å². The van der Waals surface area contributed by atoms with Crippen molar-refractivity contribution < 1.29 is 18.0 Å². The first-order chi connectivity index (χ1) is 12.8. The third-order valence-electron chi connectivity index (χ3n) is 3.82. The van der Waals surface area contributed by atoms with Crippen molar-refractivity contribution in [2.24, 2.45) is 5.73 Å². The van der Waals surface area contributed by atoms with Gasteiger partial charge in [-0.3, -0.25) is 9.59 Å². The number of hydrogen-bond acceptors (Lipinski definition) is 5. The van der Waals surface area contributed by atoms with Crippen molar-refractivity contribution in [2.75, 3.05) is 18.4 Å². The van der Waals surface area contributed by atoms with E-state index in [9.17, 15) is 18.0 Å². The average Bonchev–Trinajstić information content (AvgIpc) is 2.65. The Bertz CT molecular complexity index is 915. The summed E-state index contributed by atoms with van der Waals surface area (Å²) in [6.07, 6.45) is 0.0834. The maximum atomic E-state index is 12.1. The number of carbonyl (C=O) groups is 2. The Morgan fingerprint density at radius 2 is 1.71 bits per heavy atom. The maximum absolute atomic E-state index is 12.1. The standard InChI is InChI=1S/C19H23N3O4S.ClH/c1-14-5-7-15(8-6-14)18(23)9-10-19(24)22-16-3-2-4-17(13-16)27(25,26)21-12-11-20;/h2-8,13,21H,9-12,20H2,1H3,(H,22,24);1H. The monoisotopic (exact) mass is 425 g/mol. The number of carbonyl (C=O) groups excluding carboxylic acids is 2. The minimum atomic E-state index is -3.68. The second kappa shape index (κ2) is 10.9. The van der Waals surface area contributed by atoms with Crippen LogP contribution >= 0.6 is 12.4 Å². The normalized spacial score (nSPS) is 10.8. The van der Waals surface area contributed by atoms with Gasteiger partial charge in [0.15, 0.2) is 5.78 Å². The molecule has 0 saturated heterocycles. The van der Waals surface area contributed by atoms with Crippen molar-refractivity contribution >= 4 is 39.8 Å². The highest BCUT2D eigenvalue weighted by Gasteiger charge is 2.14. The van der Waals surface area contributed by atoms with Crippen LogP contribution in [0.25, 0.3) is 0 Å². The number of nitrogens with two attached hydrogens (primary N) is 1. The molecule has 1 amide bonds. The molecule has 0 aliphatic rings. The summed E-state index contributed by atoms with van der Waals surface area (Å²) in [6.45, 7) is 2.24. The number of ketones is 1. The molecule has 2 rings (SSSR count). The molecule has 0 heterocycles. The van der Waals surface area contributed by atoms with Gasteiger partial charge in [-0.1, -0.05) is 35.9 Å². The molecule has 4 N–H and O–H groups in total. The van der Waals surface area contributed by atoms with E-state index in [1.54, 1.807) is 18.2 Å². The van der Waals surface area contributed by atoms with E-state index < -0.39 is 10.0 Å². The van der Waals surface area contributed by atoms with Gasteiger partial charge >= 0.3 is 0 Å². The van der Waals surface area contributed by atoms with E-state index in [0.717, 1.165) is 5.56 Å². The molecule has 2 aromatic carbocycles. The van der Waals surface area contributed by atoms with E-state index in [-0.39, 0.29) is 54.9 Å². The van der Waals surface area contributed by atoms with E-state index in [4.69, 9.17) is 5.73 Å². The molecule has 9 heteroatoms. The van der Waals surface area contributed by atoms with Crippen LogP contribution in [0.1, 0.15) is 28.8 Å². The predicted octanol–water partition coefficient (Wildman–Crippen LogP) is 2.26. The van der Waals surface area contributed by atoms with Gasteiger partial charge in [-0.15, -0.1) is 12.4 Å². The molecule has 0 aliphatic carbocycles. The number of Topliss-reactive ketones (excluding diaryl/α,β-unsaturated/α-hetero) is 1. The fraction of sp³-hybridized carbons (Fsp3) is 0.263. The molecular formula is C19H24ClN3O4S. The summed E-state index contributed by atoms with van der Waals surface area (Å²) in [5.74, 6) is -0.479. The Labute approximate surface area is 171 Å². The van der Waals surface area contributed by atoms with Crippen molar-refractivity contribution in [3.8, 4) is 0 Å². The summed E-state index contributed by atoms with van der Waals surface area (Å²) >= 11 is 0. The van der Waals surface area contributed by atoms with Crippen LogP contribution in [0, 0.1) is 6.92 Å². The van der Waals surface area contributed by atoms with Crippen LogP contribution in [0.5, 0.6) is 0 Å². The predicted molar refractivity (Wildman–Crippen MR) is 111 cm³/mol. The Kier molecular flexibility index (Phi) is 9.27. The number of aryl methyl sites for hydroxylation is 1. The van der Waals surface area contributed by atoms with Crippen LogP contribution in [-0.2, 0) is 14.8 Å². The lowest BCUT2D eigenvalue weighted by molar-refractivity contribution is -0.116. The average molecular weight is 426 g/mol. The molecule has 0 aromatic heterocycles. The number of halogens is 1. The van der Waals surface area contributed by atoms with Crippen molar-refractivity contribution in [2.45, 2.75) is 24.7 Å². The lowest BCUT2D eigenvalue weighted by Crippen LogP contribution is -2.29. The number of hydrogen-bond donors (Lipinski definition) is 3. The first-order valence-electron chi connectivity index (χ1n) is 8.51. The molecule has 0 saturated carbocycles. The second-order valence-corrected chi connectivity index (χ2v) is 7.82. The lowest BCUT2D eigenvalue weighted by atomic mass is 10.0. The van der Waals surface area contributed by atoms with Gasteiger partial charge in [0.25, 0.3) is 0 Å². The van der Waals surface area contributed by atoms with Crippen molar-refractivity contribution in [3.05, 3.63) is 59.7 Å². The van der Waals surface area contributed by atoms with Crippen LogP contribution in [-0.4, -0.2) is 33.2 Å². The smallest absolute Gasteiger partial charge is 0.240 e. The van der Waals surface area contributed by atoms with Gasteiger partial charge in [0.2, 0.25) is 15.9 Å². The highest BCUT2D eigenvalue weighted by molar-refractivity contribution is 7.89. The highest BCUT2D eigenvalue weighted by Crippen LogP contribution is 2.16. The summed E-state index contributed by atoms with van der Waals surface area (Å²) in [5, 5.41) is 2.62. The van der Waals surface area contributed by atoms with Crippen LogP contribution in [0.15, 0.2) is 53.4 Å². The number of sulfonamides is 1. The van der Waals surface area contributed by atoms with Gasteiger partial charge in [-0.25, -0.2) is 13.1 Å². The first-order valence-corrected chi connectivity index (χ1v) is 9.99. The van der Waals surface area contributed by atoms with Crippen LogP contribution in [0.2, 0.25) is 0 Å². The fourth-order valence-electron chi connectivity index (χ4n) is 2.35. The van der Waals surface area contributed by atoms with Crippen LogP contribution < -0.4 is 15.8 Å². The summed E-state index contributed by atoms with van der Waals surface area (Å²) in [4.78, 5) is 24.2. The molecular weight excluding hydrogens is 402 g/mol. The third-order valence-corrected chi connectivity index (χ3v) is 5.28. The number of amides is 1. The van der Waals surface area contributed by atoms with Gasteiger partial charge in [0, 0.05) is 37.2 Å². The topological polar surface area (TPSA) is 118 Å².